The lowest BCUT2D eigenvalue weighted by Crippen LogP contribution is -2.12. The lowest BCUT2D eigenvalue weighted by molar-refractivity contribution is 0.102. The fraction of sp³-hybridized carbons (Fsp3) is 0.222. The van der Waals surface area contributed by atoms with E-state index in [4.69, 9.17) is 0 Å². The minimum atomic E-state index is -0.187. The van der Waals surface area contributed by atoms with Crippen molar-refractivity contribution in [2.75, 3.05) is 5.32 Å². The number of aromatic amines is 1. The van der Waals surface area contributed by atoms with Crippen LogP contribution in [0.15, 0.2) is 42.6 Å². The first-order valence-electron chi connectivity index (χ1n) is 7.96. The summed E-state index contributed by atoms with van der Waals surface area (Å²) in [6.45, 7) is 1.89. The Morgan fingerprint density at radius 1 is 1.25 bits per heavy atom. The molecule has 0 radical (unpaired) electrons. The molecule has 120 valence electrons. The molecule has 2 N–H and O–H groups in total. The number of aromatic nitrogens is 4. The molecule has 1 aromatic carbocycles. The third-order valence-corrected chi connectivity index (χ3v) is 4.02. The summed E-state index contributed by atoms with van der Waals surface area (Å²) < 4.78 is 0. The van der Waals surface area contributed by atoms with Crippen LogP contribution in [0.5, 0.6) is 0 Å². The molecule has 6 heteroatoms. The Bertz CT molecular complexity index is 880. The molecule has 0 saturated heterocycles. The van der Waals surface area contributed by atoms with Gasteiger partial charge in [0.2, 0.25) is 0 Å². The number of nitrogens with zero attached hydrogens (tertiary/aromatic N) is 3. The van der Waals surface area contributed by atoms with Gasteiger partial charge < -0.3 is 5.32 Å². The number of H-pyrrole nitrogens is 1. The minimum Gasteiger partial charge on any atom is -0.322 e. The number of benzene rings is 1. The molecule has 6 nitrogen and oxygen atoms in total. The smallest absolute Gasteiger partial charge is 0.257 e. The van der Waals surface area contributed by atoms with Crippen LogP contribution in [-0.2, 0) is 0 Å². The summed E-state index contributed by atoms with van der Waals surface area (Å²) in [5, 5.41) is 10.2. The summed E-state index contributed by atoms with van der Waals surface area (Å²) in [4.78, 5) is 21.0. The quantitative estimate of drug-likeness (QED) is 0.773. The van der Waals surface area contributed by atoms with Crippen molar-refractivity contribution >= 4 is 11.6 Å². The molecule has 1 aliphatic rings. The normalized spacial score (nSPS) is 13.7. The third-order valence-electron chi connectivity index (χ3n) is 4.02. The van der Waals surface area contributed by atoms with E-state index >= 15 is 0 Å². The highest BCUT2D eigenvalue weighted by Crippen LogP contribution is 2.38. The Kier molecular flexibility index (Phi) is 3.57. The van der Waals surface area contributed by atoms with Crippen molar-refractivity contribution in [2.24, 2.45) is 0 Å². The molecular weight excluding hydrogens is 302 g/mol. The van der Waals surface area contributed by atoms with Crippen LogP contribution in [0.3, 0.4) is 0 Å². The maximum absolute atomic E-state index is 12.3. The fourth-order valence-electron chi connectivity index (χ4n) is 2.48. The van der Waals surface area contributed by atoms with Crippen molar-refractivity contribution in [1.29, 1.82) is 0 Å². The number of aryl methyl sites for hydroxylation is 1. The van der Waals surface area contributed by atoms with Crippen LogP contribution in [0.1, 0.15) is 40.6 Å². The van der Waals surface area contributed by atoms with Crippen molar-refractivity contribution in [2.45, 2.75) is 25.7 Å². The molecule has 1 aliphatic carbocycles. The van der Waals surface area contributed by atoms with Crippen LogP contribution < -0.4 is 5.32 Å². The van der Waals surface area contributed by atoms with Crippen LogP contribution in [0.4, 0.5) is 5.69 Å². The van der Waals surface area contributed by atoms with Crippen molar-refractivity contribution in [3.63, 3.8) is 0 Å². The Morgan fingerprint density at radius 3 is 2.88 bits per heavy atom. The molecule has 0 bridgehead atoms. The molecule has 0 unspecified atom stereocenters. The number of carbonyl (C=O) groups excluding carboxylic acids is 1. The summed E-state index contributed by atoms with van der Waals surface area (Å²) in [6.07, 6.45) is 3.93. The second-order valence-electron chi connectivity index (χ2n) is 6.04. The Hall–Kier alpha value is -3.02. The second kappa shape index (κ2) is 5.88. The average Bonchev–Trinajstić information content (AvgIpc) is 3.33. The zero-order valence-corrected chi connectivity index (χ0v) is 13.3. The number of pyridine rings is 1. The topological polar surface area (TPSA) is 83.6 Å². The summed E-state index contributed by atoms with van der Waals surface area (Å²) in [5.74, 6) is 1.95. The monoisotopic (exact) mass is 319 g/mol. The van der Waals surface area contributed by atoms with Gasteiger partial charge in [0.25, 0.3) is 5.91 Å². The molecule has 1 amide bonds. The van der Waals surface area contributed by atoms with Gasteiger partial charge in [0.15, 0.2) is 5.82 Å². The fourth-order valence-corrected chi connectivity index (χ4v) is 2.48. The summed E-state index contributed by atoms with van der Waals surface area (Å²) in [7, 11) is 0. The van der Waals surface area contributed by atoms with Gasteiger partial charge in [-0.1, -0.05) is 12.1 Å². The largest absolute Gasteiger partial charge is 0.322 e. The van der Waals surface area contributed by atoms with Gasteiger partial charge in [0.05, 0.1) is 5.56 Å². The molecule has 1 fully saturated rings. The highest BCUT2D eigenvalue weighted by Gasteiger charge is 2.27. The summed E-state index contributed by atoms with van der Waals surface area (Å²) in [6, 6.07) is 11.1. The van der Waals surface area contributed by atoms with Crippen LogP contribution >= 0.6 is 0 Å². The van der Waals surface area contributed by atoms with E-state index in [1.165, 1.54) is 12.8 Å². The first-order chi connectivity index (χ1) is 11.7. The van der Waals surface area contributed by atoms with Crippen molar-refractivity contribution in [3.8, 4) is 11.4 Å². The maximum atomic E-state index is 12.3. The predicted octanol–water partition coefficient (Wildman–Crippen LogP) is 3.30. The summed E-state index contributed by atoms with van der Waals surface area (Å²) in [5.41, 5.74) is 2.98. The molecule has 0 spiro atoms. The minimum absolute atomic E-state index is 0.187. The molecule has 4 rings (SSSR count). The van der Waals surface area contributed by atoms with Crippen LogP contribution in [0.2, 0.25) is 0 Å². The number of carbonyl (C=O) groups is 1. The molecule has 0 aliphatic heterocycles. The zero-order valence-electron chi connectivity index (χ0n) is 13.3. The van der Waals surface area contributed by atoms with E-state index in [0.717, 1.165) is 17.1 Å². The number of anilines is 1. The summed E-state index contributed by atoms with van der Waals surface area (Å²) >= 11 is 0. The van der Waals surface area contributed by atoms with Gasteiger partial charge in [-0.25, -0.2) is 4.98 Å². The first-order valence-corrected chi connectivity index (χ1v) is 7.96. The van der Waals surface area contributed by atoms with Gasteiger partial charge >= 0.3 is 0 Å². The number of nitrogens with one attached hydrogen (secondary N) is 2. The van der Waals surface area contributed by atoms with E-state index in [-0.39, 0.29) is 5.91 Å². The van der Waals surface area contributed by atoms with Crippen molar-refractivity contribution in [1.82, 2.24) is 20.2 Å². The Morgan fingerprint density at radius 2 is 2.12 bits per heavy atom. The third kappa shape index (κ3) is 3.03. The second-order valence-corrected chi connectivity index (χ2v) is 6.04. The Balaban J connectivity index is 1.53. The van der Waals surface area contributed by atoms with Crippen molar-refractivity contribution < 1.29 is 4.79 Å². The molecule has 3 aromatic rings. The van der Waals surface area contributed by atoms with E-state index < -0.39 is 0 Å². The zero-order chi connectivity index (χ0) is 16.5. The SMILES string of the molecule is Cc1ccc(C(=O)Nc2cccc(-c3n[nH]c(C4CC4)n3)c2)cn1. The highest BCUT2D eigenvalue weighted by molar-refractivity contribution is 6.04. The first kappa shape index (κ1) is 14.6. The van der Waals surface area contributed by atoms with Crippen LogP contribution in [0.25, 0.3) is 11.4 Å². The van der Waals surface area contributed by atoms with Crippen molar-refractivity contribution in [3.05, 3.63) is 59.7 Å². The number of rotatable bonds is 4. The lowest BCUT2D eigenvalue weighted by Gasteiger charge is -2.06. The predicted molar refractivity (Wildman–Crippen MR) is 90.7 cm³/mol. The van der Waals surface area contributed by atoms with Gasteiger partial charge in [0.1, 0.15) is 5.82 Å². The molecular formula is C18H17N5O. The highest BCUT2D eigenvalue weighted by atomic mass is 16.1. The van der Waals surface area contributed by atoms with E-state index in [1.54, 1.807) is 12.3 Å². The van der Waals surface area contributed by atoms with Gasteiger partial charge in [-0.2, -0.15) is 5.10 Å². The average molecular weight is 319 g/mol. The van der Waals surface area contributed by atoms with Gasteiger partial charge in [-0.05, 0) is 44.0 Å². The molecule has 24 heavy (non-hydrogen) atoms. The van der Waals surface area contributed by atoms with E-state index in [1.807, 2.05) is 37.3 Å². The van der Waals surface area contributed by atoms with E-state index in [2.05, 4.69) is 25.5 Å². The standard InChI is InChI=1S/C18H17N5O/c1-11-5-6-14(10-19-11)18(24)20-15-4-2-3-13(9-15)17-21-16(22-23-17)12-7-8-12/h2-6,9-10,12H,7-8H2,1H3,(H,20,24)(H,21,22,23). The van der Waals surface area contributed by atoms with Gasteiger partial charge in [-0.3, -0.25) is 14.9 Å². The lowest BCUT2D eigenvalue weighted by atomic mass is 10.2. The van der Waals surface area contributed by atoms with Gasteiger partial charge in [-0.15, -0.1) is 0 Å². The molecule has 1 saturated carbocycles. The maximum Gasteiger partial charge on any atom is 0.257 e. The van der Waals surface area contributed by atoms with Crippen LogP contribution in [0, 0.1) is 6.92 Å². The van der Waals surface area contributed by atoms with E-state index in [9.17, 15) is 4.79 Å². The number of hydrogen-bond acceptors (Lipinski definition) is 4. The van der Waals surface area contributed by atoms with Gasteiger partial charge in [0, 0.05) is 29.1 Å². The molecule has 2 heterocycles. The number of amides is 1. The van der Waals surface area contributed by atoms with Crippen LogP contribution in [-0.4, -0.2) is 26.1 Å². The van der Waals surface area contributed by atoms with E-state index in [0.29, 0.717) is 23.0 Å². The molecule has 0 atom stereocenters. The Labute approximate surface area is 139 Å². The molecule has 2 aromatic heterocycles. The number of hydrogen-bond donors (Lipinski definition) is 2.